The average molecular weight is 326 g/mol. The number of thiophene rings is 1. The normalized spacial score (nSPS) is 12.4. The molecule has 1 atom stereocenters. The van der Waals surface area contributed by atoms with E-state index in [1.807, 2.05) is 19.9 Å². The van der Waals surface area contributed by atoms with Crippen LogP contribution in [0, 0.1) is 13.8 Å². The maximum Gasteiger partial charge on any atom is 0.118 e. The number of rotatable bonds is 3. The highest BCUT2D eigenvalue weighted by Crippen LogP contribution is 2.31. The van der Waals surface area contributed by atoms with Gasteiger partial charge in [-0.3, -0.25) is 0 Å². The number of hydrogen-bond acceptors (Lipinski definition) is 3. The van der Waals surface area contributed by atoms with Gasteiger partial charge in [0.2, 0.25) is 0 Å². The molecule has 1 heterocycles. The molecule has 0 spiro atoms. The second kappa shape index (κ2) is 5.33. The Morgan fingerprint density at radius 3 is 2.56 bits per heavy atom. The smallest absolute Gasteiger partial charge is 0.118 e. The molecular weight excluding hydrogens is 310 g/mol. The van der Waals surface area contributed by atoms with Gasteiger partial charge in [0.15, 0.2) is 0 Å². The number of aromatic hydroxyl groups is 1. The number of nitrogens with one attached hydrogen (secondary N) is 1. The third-order valence-corrected chi connectivity index (χ3v) is 4.74. The maximum atomic E-state index is 9.65. The molecule has 2 N–H and O–H groups in total. The zero-order chi connectivity index (χ0) is 13.3. The van der Waals surface area contributed by atoms with Crippen LogP contribution in [0.5, 0.6) is 5.75 Å². The molecule has 2 nitrogen and oxygen atoms in total. The SMILES string of the molecule is Cc1cc(NC(C)c2ccc(Br)s2)c(C)cc1O. The van der Waals surface area contributed by atoms with E-state index in [1.54, 1.807) is 17.4 Å². The van der Waals surface area contributed by atoms with Crippen LogP contribution in [0.4, 0.5) is 5.69 Å². The minimum atomic E-state index is 0.254. The Labute approximate surface area is 120 Å². The van der Waals surface area contributed by atoms with Crippen LogP contribution >= 0.6 is 27.3 Å². The molecule has 0 radical (unpaired) electrons. The quantitative estimate of drug-likeness (QED) is 0.778. The number of phenols is 1. The summed E-state index contributed by atoms with van der Waals surface area (Å²) < 4.78 is 1.14. The Balaban J connectivity index is 2.21. The van der Waals surface area contributed by atoms with E-state index >= 15 is 0 Å². The number of benzene rings is 1. The number of phenolic OH excluding ortho intramolecular Hbond substituents is 1. The van der Waals surface area contributed by atoms with E-state index in [2.05, 4.69) is 40.3 Å². The second-order valence-corrected chi connectivity index (χ2v) is 6.96. The fourth-order valence-corrected chi connectivity index (χ4v) is 3.25. The van der Waals surface area contributed by atoms with Gasteiger partial charge < -0.3 is 10.4 Å². The van der Waals surface area contributed by atoms with Gasteiger partial charge in [-0.2, -0.15) is 0 Å². The Morgan fingerprint density at radius 2 is 1.94 bits per heavy atom. The fourth-order valence-electron chi connectivity index (χ4n) is 1.82. The third-order valence-electron chi connectivity index (χ3n) is 2.94. The van der Waals surface area contributed by atoms with Crippen molar-refractivity contribution in [3.8, 4) is 5.75 Å². The lowest BCUT2D eigenvalue weighted by Crippen LogP contribution is -2.06. The minimum absolute atomic E-state index is 0.254. The second-order valence-electron chi connectivity index (χ2n) is 4.46. The van der Waals surface area contributed by atoms with Gasteiger partial charge in [-0.05, 0) is 72.1 Å². The van der Waals surface area contributed by atoms with E-state index in [4.69, 9.17) is 0 Å². The van der Waals surface area contributed by atoms with Crippen LogP contribution in [-0.4, -0.2) is 5.11 Å². The topological polar surface area (TPSA) is 32.3 Å². The fraction of sp³-hybridized carbons (Fsp3) is 0.286. The number of aryl methyl sites for hydroxylation is 2. The molecule has 0 amide bonds. The molecule has 1 aromatic carbocycles. The lowest BCUT2D eigenvalue weighted by Gasteiger charge is -2.17. The predicted octanol–water partition coefficient (Wildman–Crippen LogP) is 5.01. The highest BCUT2D eigenvalue weighted by molar-refractivity contribution is 9.11. The van der Waals surface area contributed by atoms with Crippen molar-refractivity contribution in [1.29, 1.82) is 0 Å². The molecular formula is C14H16BrNOS. The number of anilines is 1. The molecule has 0 fully saturated rings. The van der Waals surface area contributed by atoms with Crippen molar-refractivity contribution < 1.29 is 5.11 Å². The van der Waals surface area contributed by atoms with E-state index in [1.165, 1.54) is 4.88 Å². The van der Waals surface area contributed by atoms with Crippen molar-refractivity contribution >= 4 is 33.0 Å². The Morgan fingerprint density at radius 1 is 1.22 bits per heavy atom. The molecule has 0 aliphatic carbocycles. The van der Waals surface area contributed by atoms with E-state index in [0.717, 1.165) is 20.6 Å². The largest absolute Gasteiger partial charge is 0.508 e. The van der Waals surface area contributed by atoms with Crippen molar-refractivity contribution in [2.45, 2.75) is 26.8 Å². The molecule has 4 heteroatoms. The van der Waals surface area contributed by atoms with Crippen LogP contribution in [0.15, 0.2) is 28.1 Å². The Hall–Kier alpha value is -1.00. The van der Waals surface area contributed by atoms with Gasteiger partial charge in [0.05, 0.1) is 9.83 Å². The van der Waals surface area contributed by atoms with Gasteiger partial charge >= 0.3 is 0 Å². The standard InChI is InChI=1S/C14H16BrNOS/c1-8-7-12(17)9(2)6-11(8)16-10(3)13-4-5-14(15)18-13/h4-7,10,16-17H,1-3H3. The van der Waals surface area contributed by atoms with Gasteiger partial charge in [0, 0.05) is 10.6 Å². The van der Waals surface area contributed by atoms with Gasteiger partial charge in [0.25, 0.3) is 0 Å². The zero-order valence-corrected chi connectivity index (χ0v) is 13.0. The molecule has 1 unspecified atom stereocenters. The molecule has 2 aromatic rings. The highest BCUT2D eigenvalue weighted by Gasteiger charge is 2.10. The summed E-state index contributed by atoms with van der Waals surface area (Å²) in [6, 6.07) is 8.23. The molecule has 0 aliphatic rings. The van der Waals surface area contributed by atoms with Crippen LogP contribution < -0.4 is 5.32 Å². The minimum Gasteiger partial charge on any atom is -0.508 e. The Kier molecular flexibility index (Phi) is 3.97. The van der Waals surface area contributed by atoms with Gasteiger partial charge in [0.1, 0.15) is 5.75 Å². The van der Waals surface area contributed by atoms with Crippen LogP contribution in [-0.2, 0) is 0 Å². The van der Waals surface area contributed by atoms with E-state index in [0.29, 0.717) is 5.75 Å². The van der Waals surface area contributed by atoms with Crippen LogP contribution in [0.1, 0.15) is 29.0 Å². The van der Waals surface area contributed by atoms with Crippen LogP contribution in [0.2, 0.25) is 0 Å². The first-order valence-electron chi connectivity index (χ1n) is 5.79. The van der Waals surface area contributed by atoms with E-state index in [-0.39, 0.29) is 6.04 Å². The van der Waals surface area contributed by atoms with Crippen molar-refractivity contribution in [3.63, 3.8) is 0 Å². The van der Waals surface area contributed by atoms with Crippen molar-refractivity contribution in [3.05, 3.63) is 44.1 Å². The van der Waals surface area contributed by atoms with E-state index < -0.39 is 0 Å². The summed E-state index contributed by atoms with van der Waals surface area (Å²) in [6.45, 7) is 6.05. The third kappa shape index (κ3) is 2.87. The number of hydrogen-bond donors (Lipinski definition) is 2. The molecule has 1 aromatic heterocycles. The van der Waals surface area contributed by atoms with Gasteiger partial charge in [-0.15, -0.1) is 11.3 Å². The zero-order valence-electron chi connectivity index (χ0n) is 10.6. The number of halogens is 1. The molecule has 0 saturated carbocycles. The molecule has 0 saturated heterocycles. The summed E-state index contributed by atoms with van der Waals surface area (Å²) in [6.07, 6.45) is 0. The molecule has 0 aliphatic heterocycles. The van der Waals surface area contributed by atoms with Crippen LogP contribution in [0.25, 0.3) is 0 Å². The van der Waals surface area contributed by atoms with E-state index in [9.17, 15) is 5.11 Å². The summed E-state index contributed by atoms with van der Waals surface area (Å²) in [5.74, 6) is 0.351. The van der Waals surface area contributed by atoms with Gasteiger partial charge in [-0.1, -0.05) is 0 Å². The predicted molar refractivity (Wildman–Crippen MR) is 81.6 cm³/mol. The molecule has 0 bridgehead atoms. The summed E-state index contributed by atoms with van der Waals surface area (Å²) in [5, 5.41) is 13.1. The first kappa shape index (κ1) is 13.4. The summed E-state index contributed by atoms with van der Waals surface area (Å²) in [7, 11) is 0. The van der Waals surface area contributed by atoms with Crippen molar-refractivity contribution in [2.24, 2.45) is 0 Å². The lowest BCUT2D eigenvalue weighted by molar-refractivity contribution is 0.471. The van der Waals surface area contributed by atoms with Crippen LogP contribution in [0.3, 0.4) is 0 Å². The maximum absolute atomic E-state index is 9.65. The summed E-state index contributed by atoms with van der Waals surface area (Å²) >= 11 is 5.21. The Bertz CT molecular complexity index is 565. The van der Waals surface area contributed by atoms with Gasteiger partial charge in [-0.25, -0.2) is 0 Å². The molecule has 96 valence electrons. The lowest BCUT2D eigenvalue weighted by atomic mass is 10.1. The van der Waals surface area contributed by atoms with Crippen molar-refractivity contribution in [1.82, 2.24) is 0 Å². The highest BCUT2D eigenvalue weighted by atomic mass is 79.9. The van der Waals surface area contributed by atoms with Crippen molar-refractivity contribution in [2.75, 3.05) is 5.32 Å². The molecule has 2 rings (SSSR count). The summed E-state index contributed by atoms with van der Waals surface area (Å²) in [4.78, 5) is 1.28. The first-order chi connectivity index (χ1) is 8.47. The molecule has 18 heavy (non-hydrogen) atoms. The first-order valence-corrected chi connectivity index (χ1v) is 7.40. The monoisotopic (exact) mass is 325 g/mol. The summed E-state index contributed by atoms with van der Waals surface area (Å²) in [5.41, 5.74) is 3.02. The average Bonchev–Trinajstić information content (AvgIpc) is 2.73.